The van der Waals surface area contributed by atoms with Crippen molar-refractivity contribution in [3.8, 4) is 11.4 Å². The largest absolute Gasteiger partial charge is 0.495 e. The van der Waals surface area contributed by atoms with Gasteiger partial charge < -0.3 is 10.1 Å². The molecule has 1 atom stereocenters. The lowest BCUT2D eigenvalue weighted by Crippen LogP contribution is -2.23. The van der Waals surface area contributed by atoms with Gasteiger partial charge in [-0.2, -0.15) is 4.68 Å². The van der Waals surface area contributed by atoms with Crippen molar-refractivity contribution in [1.82, 2.24) is 20.2 Å². The Morgan fingerprint density at radius 3 is 2.57 bits per heavy atom. The van der Waals surface area contributed by atoms with Gasteiger partial charge in [-0.1, -0.05) is 36.0 Å². The van der Waals surface area contributed by atoms with Crippen LogP contribution in [0.2, 0.25) is 0 Å². The lowest BCUT2D eigenvalue weighted by Gasteiger charge is -2.15. The van der Waals surface area contributed by atoms with Crippen molar-refractivity contribution in [2.24, 2.45) is 0 Å². The van der Waals surface area contributed by atoms with Crippen LogP contribution in [0.25, 0.3) is 5.69 Å². The number of hydrogen-bond donors (Lipinski definition) is 1. The molecule has 0 bridgehead atoms. The highest BCUT2D eigenvalue weighted by molar-refractivity contribution is 8.00. The molecule has 1 heterocycles. The Morgan fingerprint density at radius 1 is 1.18 bits per heavy atom. The number of ether oxygens (including phenoxy) is 1. The monoisotopic (exact) mass is 397 g/mol. The first-order valence-corrected chi connectivity index (χ1v) is 9.75. The fourth-order valence-corrected chi connectivity index (χ4v) is 3.69. The Hall–Kier alpha value is -2.87. The highest BCUT2D eigenvalue weighted by Crippen LogP contribution is 2.29. The standard InChI is InChI=1S/C20H23N5O2S/c1-12-9-10-17(27-5)16(11-12)21-19(26)15(4)28-20-22-23-24-25(20)18-13(2)7-6-8-14(18)3/h6-11,15H,1-5H3,(H,21,26). The van der Waals surface area contributed by atoms with Crippen molar-refractivity contribution in [2.75, 3.05) is 12.4 Å². The van der Waals surface area contributed by atoms with Crippen molar-refractivity contribution in [3.63, 3.8) is 0 Å². The molecular weight excluding hydrogens is 374 g/mol. The number of para-hydroxylation sites is 1. The molecule has 146 valence electrons. The Labute approximate surface area is 168 Å². The Bertz CT molecular complexity index is 982. The van der Waals surface area contributed by atoms with E-state index in [-0.39, 0.29) is 5.91 Å². The number of amides is 1. The summed E-state index contributed by atoms with van der Waals surface area (Å²) < 4.78 is 7.02. The van der Waals surface area contributed by atoms with Gasteiger partial charge in [0.15, 0.2) is 0 Å². The van der Waals surface area contributed by atoms with Gasteiger partial charge in [0, 0.05) is 0 Å². The van der Waals surface area contributed by atoms with Gasteiger partial charge in [0.05, 0.1) is 23.7 Å². The van der Waals surface area contributed by atoms with E-state index in [1.165, 1.54) is 11.8 Å². The molecular formula is C20H23N5O2S. The third-order valence-electron chi connectivity index (χ3n) is 4.36. The topological polar surface area (TPSA) is 81.9 Å². The average molecular weight is 398 g/mol. The molecule has 0 saturated heterocycles. The molecule has 8 heteroatoms. The second-order valence-electron chi connectivity index (χ2n) is 6.57. The fraction of sp³-hybridized carbons (Fsp3) is 0.300. The number of carbonyl (C=O) groups is 1. The quantitative estimate of drug-likeness (QED) is 0.639. The summed E-state index contributed by atoms with van der Waals surface area (Å²) in [5.41, 5.74) is 4.75. The van der Waals surface area contributed by atoms with Gasteiger partial charge in [0.25, 0.3) is 0 Å². The molecule has 3 aromatic rings. The molecule has 0 spiro atoms. The second kappa shape index (κ2) is 8.43. The zero-order chi connectivity index (χ0) is 20.3. The van der Waals surface area contributed by atoms with Gasteiger partial charge in [0.2, 0.25) is 11.1 Å². The maximum atomic E-state index is 12.7. The summed E-state index contributed by atoms with van der Waals surface area (Å²) in [5, 5.41) is 15.1. The molecule has 0 aliphatic rings. The number of aryl methyl sites for hydroxylation is 3. The molecule has 2 aromatic carbocycles. The molecule has 0 fully saturated rings. The summed E-state index contributed by atoms with van der Waals surface area (Å²) in [6, 6.07) is 11.7. The van der Waals surface area contributed by atoms with Crippen LogP contribution in [0.4, 0.5) is 5.69 Å². The van der Waals surface area contributed by atoms with Crippen LogP contribution in [0.3, 0.4) is 0 Å². The summed E-state index contributed by atoms with van der Waals surface area (Å²) in [7, 11) is 1.58. The number of benzene rings is 2. The van der Waals surface area contributed by atoms with E-state index in [1.54, 1.807) is 11.8 Å². The van der Waals surface area contributed by atoms with Crippen LogP contribution in [0.1, 0.15) is 23.6 Å². The Kier molecular flexibility index (Phi) is 5.99. The maximum Gasteiger partial charge on any atom is 0.237 e. The number of methoxy groups -OCH3 is 1. The first kappa shape index (κ1) is 19.9. The van der Waals surface area contributed by atoms with E-state index >= 15 is 0 Å². The van der Waals surface area contributed by atoms with E-state index in [0.29, 0.717) is 16.6 Å². The van der Waals surface area contributed by atoms with E-state index < -0.39 is 5.25 Å². The molecule has 1 aromatic heterocycles. The molecule has 28 heavy (non-hydrogen) atoms. The molecule has 7 nitrogen and oxygen atoms in total. The van der Waals surface area contributed by atoms with Crippen LogP contribution in [0, 0.1) is 20.8 Å². The smallest absolute Gasteiger partial charge is 0.237 e. The van der Waals surface area contributed by atoms with Crippen molar-refractivity contribution < 1.29 is 9.53 Å². The van der Waals surface area contributed by atoms with E-state index in [9.17, 15) is 4.79 Å². The molecule has 1 N–H and O–H groups in total. The third-order valence-corrected chi connectivity index (χ3v) is 5.39. The van der Waals surface area contributed by atoms with Crippen LogP contribution in [0.15, 0.2) is 41.6 Å². The molecule has 1 amide bonds. The SMILES string of the molecule is COc1ccc(C)cc1NC(=O)C(C)Sc1nnnn1-c1c(C)cccc1C. The number of hydrogen-bond acceptors (Lipinski definition) is 6. The van der Waals surface area contributed by atoms with Crippen molar-refractivity contribution >= 4 is 23.4 Å². The van der Waals surface area contributed by atoms with Crippen molar-refractivity contribution in [2.45, 2.75) is 38.1 Å². The fourth-order valence-electron chi connectivity index (χ4n) is 2.90. The number of tetrazole rings is 1. The minimum absolute atomic E-state index is 0.148. The highest BCUT2D eigenvalue weighted by atomic mass is 32.2. The van der Waals surface area contributed by atoms with Crippen LogP contribution in [-0.4, -0.2) is 38.5 Å². The zero-order valence-corrected chi connectivity index (χ0v) is 17.4. The molecule has 0 aliphatic heterocycles. The summed E-state index contributed by atoms with van der Waals surface area (Å²) in [6.45, 7) is 7.81. The maximum absolute atomic E-state index is 12.7. The number of aromatic nitrogens is 4. The summed E-state index contributed by atoms with van der Waals surface area (Å²) in [4.78, 5) is 12.7. The number of rotatable bonds is 6. The van der Waals surface area contributed by atoms with Gasteiger partial charge in [-0.25, -0.2) is 0 Å². The first-order chi connectivity index (χ1) is 13.4. The number of thioether (sulfide) groups is 1. The minimum atomic E-state index is -0.403. The lowest BCUT2D eigenvalue weighted by atomic mass is 10.1. The number of nitrogens with one attached hydrogen (secondary N) is 1. The first-order valence-electron chi connectivity index (χ1n) is 8.88. The molecule has 0 radical (unpaired) electrons. The van der Waals surface area contributed by atoms with Crippen LogP contribution in [-0.2, 0) is 4.79 Å². The summed E-state index contributed by atoms with van der Waals surface area (Å²) in [5.74, 6) is 0.474. The predicted octanol–water partition coefficient (Wildman–Crippen LogP) is 3.72. The number of nitrogens with zero attached hydrogens (tertiary/aromatic N) is 4. The number of anilines is 1. The normalized spacial score (nSPS) is 11.9. The summed E-state index contributed by atoms with van der Waals surface area (Å²) >= 11 is 1.31. The Morgan fingerprint density at radius 2 is 1.89 bits per heavy atom. The summed E-state index contributed by atoms with van der Waals surface area (Å²) in [6.07, 6.45) is 0. The predicted molar refractivity (Wildman–Crippen MR) is 110 cm³/mol. The van der Waals surface area contributed by atoms with Crippen LogP contribution in [0.5, 0.6) is 5.75 Å². The van der Waals surface area contributed by atoms with Crippen molar-refractivity contribution in [1.29, 1.82) is 0 Å². The lowest BCUT2D eigenvalue weighted by molar-refractivity contribution is -0.115. The zero-order valence-electron chi connectivity index (χ0n) is 16.6. The highest BCUT2D eigenvalue weighted by Gasteiger charge is 2.21. The molecule has 0 saturated carbocycles. The van der Waals surface area contributed by atoms with Gasteiger partial charge in [-0.15, -0.1) is 5.10 Å². The molecule has 0 aliphatic carbocycles. The second-order valence-corrected chi connectivity index (χ2v) is 7.87. The molecule has 3 rings (SSSR count). The van der Waals surface area contributed by atoms with Crippen molar-refractivity contribution in [3.05, 3.63) is 53.1 Å². The van der Waals surface area contributed by atoms with Gasteiger partial charge in [-0.05, 0) is 66.9 Å². The Balaban J connectivity index is 1.79. The van der Waals surface area contributed by atoms with E-state index in [4.69, 9.17) is 4.74 Å². The van der Waals surface area contributed by atoms with E-state index in [1.807, 2.05) is 64.1 Å². The van der Waals surface area contributed by atoms with Gasteiger partial charge >= 0.3 is 0 Å². The van der Waals surface area contributed by atoms with Crippen LogP contribution >= 0.6 is 11.8 Å². The molecule has 1 unspecified atom stereocenters. The van der Waals surface area contributed by atoms with E-state index in [2.05, 4.69) is 20.8 Å². The third kappa shape index (κ3) is 4.17. The number of carbonyl (C=O) groups excluding carboxylic acids is 1. The van der Waals surface area contributed by atoms with Gasteiger partial charge in [0.1, 0.15) is 5.75 Å². The van der Waals surface area contributed by atoms with Gasteiger partial charge in [-0.3, -0.25) is 4.79 Å². The van der Waals surface area contributed by atoms with Crippen LogP contribution < -0.4 is 10.1 Å². The van der Waals surface area contributed by atoms with E-state index in [0.717, 1.165) is 22.4 Å². The average Bonchev–Trinajstić information content (AvgIpc) is 3.09. The minimum Gasteiger partial charge on any atom is -0.495 e.